The lowest BCUT2D eigenvalue weighted by Crippen LogP contribution is -2.67. The highest BCUT2D eigenvalue weighted by Gasteiger charge is 2.57. The van der Waals surface area contributed by atoms with Gasteiger partial charge in [-0.25, -0.2) is 9.18 Å². The number of ether oxygens (including phenoxy) is 1. The molecule has 2 saturated heterocycles. The Bertz CT molecular complexity index is 497. The number of fused-ring (bicyclic) bond motifs is 3. The summed E-state index contributed by atoms with van der Waals surface area (Å²) in [7, 11) is 0. The molecule has 5 heteroatoms. The minimum absolute atomic E-state index is 0.127. The van der Waals surface area contributed by atoms with Crippen LogP contribution in [0.15, 0.2) is 0 Å². The van der Waals surface area contributed by atoms with Gasteiger partial charge in [0.05, 0.1) is 6.04 Å². The minimum atomic E-state index is -0.970. The molecule has 1 amide bonds. The van der Waals surface area contributed by atoms with E-state index in [-0.39, 0.29) is 23.7 Å². The van der Waals surface area contributed by atoms with E-state index in [1.807, 2.05) is 20.8 Å². The lowest BCUT2D eigenvalue weighted by Gasteiger charge is -2.55. The molecular formula is C18H28FNO3. The van der Waals surface area contributed by atoms with Gasteiger partial charge < -0.3 is 4.74 Å². The SMILES string of the molecule is CC(=O)[C@@H]1[C@@H]2CC[C@@H]([C@@H](CC3CC3)[C@@H]2F)N1C(=O)OC(C)(C)C. The standard InChI is InChI=1S/C18H28FNO3/c1-10(21)16-12-7-8-14(13(15(12)19)9-11-5-6-11)20(16)17(22)23-18(2,3)4/h11-16H,5-9H2,1-4H3/t12-,13-,14+,15-,16-/m1/s1. The van der Waals surface area contributed by atoms with E-state index in [4.69, 9.17) is 4.74 Å². The fourth-order valence-electron chi connectivity index (χ4n) is 4.44. The molecule has 130 valence electrons. The largest absolute Gasteiger partial charge is 0.444 e. The number of halogens is 1. The quantitative estimate of drug-likeness (QED) is 0.794. The number of rotatable bonds is 3. The summed E-state index contributed by atoms with van der Waals surface area (Å²) in [5.41, 5.74) is -0.615. The van der Waals surface area contributed by atoms with Gasteiger partial charge in [0, 0.05) is 17.9 Å². The maximum Gasteiger partial charge on any atom is 0.411 e. The van der Waals surface area contributed by atoms with Crippen LogP contribution in [0.5, 0.6) is 0 Å². The highest BCUT2D eigenvalue weighted by molar-refractivity contribution is 5.86. The maximum absolute atomic E-state index is 15.0. The van der Waals surface area contributed by atoms with Crippen molar-refractivity contribution in [1.29, 1.82) is 0 Å². The monoisotopic (exact) mass is 325 g/mol. The van der Waals surface area contributed by atoms with Gasteiger partial charge in [-0.3, -0.25) is 9.69 Å². The van der Waals surface area contributed by atoms with Crippen LogP contribution in [0.2, 0.25) is 0 Å². The Morgan fingerprint density at radius 1 is 1.17 bits per heavy atom. The Hall–Kier alpha value is -1.13. The van der Waals surface area contributed by atoms with E-state index in [9.17, 15) is 14.0 Å². The molecule has 2 aliphatic heterocycles. The number of nitrogens with zero attached hydrogens (tertiary/aromatic N) is 1. The fraction of sp³-hybridized carbons (Fsp3) is 0.889. The van der Waals surface area contributed by atoms with Crippen LogP contribution >= 0.6 is 0 Å². The molecule has 0 aromatic heterocycles. The van der Waals surface area contributed by atoms with E-state index < -0.39 is 23.9 Å². The van der Waals surface area contributed by atoms with Crippen molar-refractivity contribution >= 4 is 11.9 Å². The summed E-state index contributed by atoms with van der Waals surface area (Å²) in [6.45, 7) is 6.91. The molecule has 2 saturated carbocycles. The third-order valence-electron chi connectivity index (χ3n) is 5.49. The van der Waals surface area contributed by atoms with Crippen LogP contribution in [0, 0.1) is 17.8 Å². The summed E-state index contributed by atoms with van der Waals surface area (Å²) in [5.74, 6) is -0.0231. The minimum Gasteiger partial charge on any atom is -0.444 e. The molecule has 0 N–H and O–H groups in total. The number of carbonyl (C=O) groups excluding carboxylic acids is 2. The summed E-state index contributed by atoms with van der Waals surface area (Å²) in [6, 6.07) is -0.853. The van der Waals surface area contributed by atoms with Crippen molar-refractivity contribution in [3.63, 3.8) is 0 Å². The molecule has 0 unspecified atom stereocenters. The van der Waals surface area contributed by atoms with Crippen LogP contribution in [-0.4, -0.2) is 40.6 Å². The first-order chi connectivity index (χ1) is 10.7. The van der Waals surface area contributed by atoms with Gasteiger partial charge in [0.2, 0.25) is 0 Å². The number of alkyl halides is 1. The highest BCUT2D eigenvalue weighted by atomic mass is 19.1. The van der Waals surface area contributed by atoms with Gasteiger partial charge in [0.25, 0.3) is 0 Å². The lowest BCUT2D eigenvalue weighted by atomic mass is 9.65. The van der Waals surface area contributed by atoms with Crippen LogP contribution in [0.1, 0.15) is 59.8 Å². The first-order valence-electron chi connectivity index (χ1n) is 8.85. The Morgan fingerprint density at radius 3 is 2.35 bits per heavy atom. The van der Waals surface area contributed by atoms with Crippen molar-refractivity contribution in [2.45, 2.75) is 83.7 Å². The van der Waals surface area contributed by atoms with E-state index in [1.165, 1.54) is 19.8 Å². The second-order valence-corrected chi connectivity index (χ2v) is 8.54. The van der Waals surface area contributed by atoms with E-state index in [1.54, 1.807) is 4.90 Å². The Kier molecular flexibility index (Phi) is 4.18. The van der Waals surface area contributed by atoms with Crippen LogP contribution in [-0.2, 0) is 9.53 Å². The number of hydrogen-bond donors (Lipinski definition) is 0. The second kappa shape index (κ2) is 5.75. The third kappa shape index (κ3) is 3.24. The molecular weight excluding hydrogens is 297 g/mol. The molecule has 4 fully saturated rings. The van der Waals surface area contributed by atoms with Crippen LogP contribution in [0.25, 0.3) is 0 Å². The van der Waals surface area contributed by atoms with Gasteiger partial charge in [-0.05, 0) is 52.9 Å². The lowest BCUT2D eigenvalue weighted by molar-refractivity contribution is -0.143. The number of carbonyl (C=O) groups is 2. The van der Waals surface area contributed by atoms with Gasteiger partial charge in [-0.1, -0.05) is 12.8 Å². The summed E-state index contributed by atoms with van der Waals surface area (Å²) >= 11 is 0. The van der Waals surface area contributed by atoms with E-state index in [0.29, 0.717) is 12.3 Å². The second-order valence-electron chi connectivity index (χ2n) is 8.54. The molecule has 2 bridgehead atoms. The van der Waals surface area contributed by atoms with Crippen LogP contribution < -0.4 is 0 Å². The maximum atomic E-state index is 15.0. The van der Waals surface area contributed by atoms with Crippen LogP contribution in [0.4, 0.5) is 9.18 Å². The zero-order valence-electron chi connectivity index (χ0n) is 14.5. The number of piperidine rings is 2. The molecule has 2 heterocycles. The van der Waals surface area contributed by atoms with E-state index in [2.05, 4.69) is 0 Å². The van der Waals surface area contributed by atoms with Crippen LogP contribution in [0.3, 0.4) is 0 Å². The number of hydrogen-bond acceptors (Lipinski definition) is 3. The Balaban J connectivity index is 1.86. The predicted octanol–water partition coefficient (Wildman–Crippen LogP) is 3.73. The van der Waals surface area contributed by atoms with Crippen molar-refractivity contribution in [1.82, 2.24) is 4.90 Å². The molecule has 0 spiro atoms. The average molecular weight is 325 g/mol. The zero-order chi connectivity index (χ0) is 16.9. The average Bonchev–Trinajstić information content (AvgIpc) is 3.23. The molecule has 23 heavy (non-hydrogen) atoms. The number of Topliss-reactive ketones (excluding diaryl/α,β-unsaturated/α-hetero) is 1. The van der Waals surface area contributed by atoms with Crippen molar-refractivity contribution in [3.05, 3.63) is 0 Å². The fourth-order valence-corrected chi connectivity index (χ4v) is 4.44. The first kappa shape index (κ1) is 16.7. The van der Waals surface area contributed by atoms with Crippen molar-refractivity contribution < 1.29 is 18.7 Å². The molecule has 0 aromatic carbocycles. The van der Waals surface area contributed by atoms with Gasteiger partial charge in [-0.2, -0.15) is 0 Å². The molecule has 2 aliphatic carbocycles. The molecule has 4 rings (SSSR count). The van der Waals surface area contributed by atoms with Gasteiger partial charge in [0.1, 0.15) is 11.8 Å². The van der Waals surface area contributed by atoms with Crippen molar-refractivity contribution in [2.24, 2.45) is 17.8 Å². The molecule has 4 aliphatic rings. The summed E-state index contributed by atoms with van der Waals surface area (Å²) < 4.78 is 20.5. The first-order valence-corrected chi connectivity index (χ1v) is 8.85. The molecule has 0 aromatic rings. The van der Waals surface area contributed by atoms with E-state index in [0.717, 1.165) is 12.8 Å². The molecule has 5 atom stereocenters. The van der Waals surface area contributed by atoms with Gasteiger partial charge >= 0.3 is 6.09 Å². The van der Waals surface area contributed by atoms with Gasteiger partial charge in [-0.15, -0.1) is 0 Å². The molecule has 4 nitrogen and oxygen atoms in total. The number of ketones is 1. The Morgan fingerprint density at radius 2 is 1.83 bits per heavy atom. The van der Waals surface area contributed by atoms with Crippen molar-refractivity contribution in [3.8, 4) is 0 Å². The molecule has 0 radical (unpaired) electrons. The predicted molar refractivity (Wildman–Crippen MR) is 84.8 cm³/mol. The van der Waals surface area contributed by atoms with E-state index >= 15 is 0 Å². The summed E-state index contributed by atoms with van der Waals surface area (Å²) in [6.07, 6.45) is 3.22. The van der Waals surface area contributed by atoms with Crippen molar-refractivity contribution in [2.75, 3.05) is 0 Å². The summed E-state index contributed by atoms with van der Waals surface area (Å²) in [5, 5.41) is 0. The number of amides is 1. The normalized spacial score (nSPS) is 36.9. The topological polar surface area (TPSA) is 46.6 Å². The zero-order valence-corrected chi connectivity index (χ0v) is 14.5. The Labute approximate surface area is 137 Å². The third-order valence-corrected chi connectivity index (χ3v) is 5.49. The smallest absolute Gasteiger partial charge is 0.411 e. The highest BCUT2D eigenvalue weighted by Crippen LogP contribution is 2.50. The summed E-state index contributed by atoms with van der Waals surface area (Å²) in [4.78, 5) is 26.4. The van der Waals surface area contributed by atoms with Gasteiger partial charge in [0.15, 0.2) is 5.78 Å².